The first-order chi connectivity index (χ1) is 13.4. The molecule has 4 aromatic rings. The minimum Gasteiger partial charge on any atom is -0.276 e. The van der Waals surface area contributed by atoms with Crippen molar-refractivity contribution in [1.29, 1.82) is 0 Å². The summed E-state index contributed by atoms with van der Waals surface area (Å²) < 4.78 is 0. The van der Waals surface area contributed by atoms with Crippen molar-refractivity contribution in [1.82, 2.24) is 0 Å². The molecule has 27 heavy (non-hydrogen) atoms. The summed E-state index contributed by atoms with van der Waals surface area (Å²) in [6.45, 7) is 0. The Hall–Kier alpha value is -3.79. The van der Waals surface area contributed by atoms with Gasteiger partial charge in [0.25, 0.3) is 0 Å². The molecular formula is C23H18N4. The maximum absolute atomic E-state index is 4.49. The van der Waals surface area contributed by atoms with E-state index in [-0.39, 0.29) is 0 Å². The van der Waals surface area contributed by atoms with Gasteiger partial charge >= 0.3 is 0 Å². The Balaban J connectivity index is 1.70. The molecule has 0 amide bonds. The highest BCUT2D eigenvalue weighted by molar-refractivity contribution is 6.02. The van der Waals surface area contributed by atoms with Gasteiger partial charge in [0.05, 0.1) is 11.4 Å². The van der Waals surface area contributed by atoms with Crippen LogP contribution in [0.2, 0.25) is 0 Å². The lowest BCUT2D eigenvalue weighted by atomic mass is 10.1. The third-order valence-electron chi connectivity index (χ3n) is 4.09. The van der Waals surface area contributed by atoms with Crippen molar-refractivity contribution < 1.29 is 0 Å². The molecule has 0 atom stereocenters. The van der Waals surface area contributed by atoms with E-state index in [4.69, 9.17) is 0 Å². The number of nitrogens with zero attached hydrogens (tertiary/aromatic N) is 3. The molecule has 0 aliphatic rings. The lowest BCUT2D eigenvalue weighted by Crippen LogP contribution is -2.01. The Morgan fingerprint density at radius 3 is 2.07 bits per heavy atom. The number of rotatable bonds is 4. The average Bonchev–Trinajstić information content (AvgIpc) is 2.75. The van der Waals surface area contributed by atoms with E-state index in [1.807, 2.05) is 78.9 Å². The van der Waals surface area contributed by atoms with Crippen LogP contribution in [0.15, 0.2) is 118 Å². The van der Waals surface area contributed by atoms with E-state index in [2.05, 4.69) is 45.0 Å². The molecule has 4 rings (SSSR count). The molecule has 1 N–H and O–H groups in total. The molecule has 0 heterocycles. The number of fused-ring (bicyclic) bond motifs is 1. The van der Waals surface area contributed by atoms with Crippen molar-refractivity contribution in [2.75, 3.05) is 5.43 Å². The van der Waals surface area contributed by atoms with Gasteiger partial charge < -0.3 is 0 Å². The smallest absolute Gasteiger partial charge is 0.201 e. The van der Waals surface area contributed by atoms with Crippen molar-refractivity contribution in [2.45, 2.75) is 0 Å². The van der Waals surface area contributed by atoms with Crippen LogP contribution in [-0.2, 0) is 0 Å². The maximum atomic E-state index is 4.49. The summed E-state index contributed by atoms with van der Waals surface area (Å²) in [5.41, 5.74) is 5.64. The Morgan fingerprint density at radius 2 is 1.30 bits per heavy atom. The average molecular weight is 350 g/mol. The van der Waals surface area contributed by atoms with Gasteiger partial charge in [-0.2, -0.15) is 5.10 Å². The summed E-state index contributed by atoms with van der Waals surface area (Å²) in [5, 5.41) is 15.5. The van der Waals surface area contributed by atoms with Crippen LogP contribution in [0.5, 0.6) is 0 Å². The van der Waals surface area contributed by atoms with E-state index in [9.17, 15) is 0 Å². The first-order valence-corrected chi connectivity index (χ1v) is 8.73. The summed E-state index contributed by atoms with van der Waals surface area (Å²) in [6, 6.07) is 33.8. The van der Waals surface area contributed by atoms with Gasteiger partial charge in [-0.05, 0) is 41.1 Å². The number of para-hydroxylation sites is 1. The van der Waals surface area contributed by atoms with E-state index in [0.717, 1.165) is 22.3 Å². The fraction of sp³-hybridized carbons (Fsp3) is 0. The van der Waals surface area contributed by atoms with Gasteiger partial charge in [0.15, 0.2) is 0 Å². The van der Waals surface area contributed by atoms with Gasteiger partial charge in [0.1, 0.15) is 0 Å². The Labute approximate surface area is 157 Å². The number of hydrogen-bond acceptors (Lipinski definition) is 3. The van der Waals surface area contributed by atoms with Crippen molar-refractivity contribution >= 4 is 28.0 Å². The van der Waals surface area contributed by atoms with Gasteiger partial charge in [0.2, 0.25) is 5.84 Å². The minimum absolute atomic E-state index is 0.522. The first kappa shape index (κ1) is 16.7. The van der Waals surface area contributed by atoms with Crippen LogP contribution >= 0.6 is 0 Å². The number of anilines is 1. The number of benzene rings is 4. The molecule has 0 bridgehead atoms. The molecule has 0 saturated heterocycles. The third-order valence-corrected chi connectivity index (χ3v) is 4.09. The molecule has 0 saturated carbocycles. The second-order valence-electron chi connectivity index (χ2n) is 6.01. The predicted octanol–water partition coefficient (Wildman–Crippen LogP) is 6.40. The highest BCUT2D eigenvalue weighted by atomic mass is 15.3. The molecule has 0 radical (unpaired) electrons. The molecule has 0 spiro atoms. The number of azo groups is 1. The molecular weight excluding hydrogens is 332 g/mol. The lowest BCUT2D eigenvalue weighted by Gasteiger charge is -2.05. The number of amidine groups is 1. The van der Waals surface area contributed by atoms with Crippen LogP contribution in [0.3, 0.4) is 0 Å². The predicted molar refractivity (Wildman–Crippen MR) is 112 cm³/mol. The zero-order chi connectivity index (χ0) is 18.3. The summed E-state index contributed by atoms with van der Waals surface area (Å²) in [6.07, 6.45) is 0. The molecule has 0 unspecified atom stereocenters. The van der Waals surface area contributed by atoms with Crippen molar-refractivity contribution in [3.8, 4) is 0 Å². The molecule has 4 aromatic carbocycles. The third kappa shape index (κ3) is 4.25. The maximum Gasteiger partial charge on any atom is 0.201 e. The highest BCUT2D eigenvalue weighted by Gasteiger charge is 2.05. The molecule has 4 heteroatoms. The van der Waals surface area contributed by atoms with Crippen LogP contribution in [-0.4, -0.2) is 5.84 Å². The second-order valence-corrected chi connectivity index (χ2v) is 6.01. The summed E-state index contributed by atoms with van der Waals surface area (Å²) in [5.74, 6) is 0.522. The number of hydrazone groups is 1. The first-order valence-electron chi connectivity index (χ1n) is 8.73. The molecule has 130 valence electrons. The van der Waals surface area contributed by atoms with Gasteiger partial charge in [-0.1, -0.05) is 72.8 Å². The molecule has 0 fully saturated rings. The fourth-order valence-electron chi connectivity index (χ4n) is 2.70. The van der Waals surface area contributed by atoms with Crippen LogP contribution in [0, 0.1) is 0 Å². The fourth-order valence-corrected chi connectivity index (χ4v) is 2.70. The Kier molecular flexibility index (Phi) is 4.97. The van der Waals surface area contributed by atoms with Crippen molar-refractivity contribution in [2.24, 2.45) is 15.3 Å². The number of hydrogen-bond donors (Lipinski definition) is 1. The van der Waals surface area contributed by atoms with E-state index in [1.54, 1.807) is 0 Å². The normalized spacial score (nSPS) is 11.8. The van der Waals surface area contributed by atoms with E-state index >= 15 is 0 Å². The quantitative estimate of drug-likeness (QED) is 0.197. The van der Waals surface area contributed by atoms with E-state index in [0.29, 0.717) is 5.84 Å². The van der Waals surface area contributed by atoms with Gasteiger partial charge in [-0.25, -0.2) is 0 Å². The summed E-state index contributed by atoms with van der Waals surface area (Å²) >= 11 is 0. The molecule has 0 aliphatic heterocycles. The van der Waals surface area contributed by atoms with Crippen molar-refractivity contribution in [3.63, 3.8) is 0 Å². The van der Waals surface area contributed by atoms with E-state index < -0.39 is 0 Å². The molecule has 4 nitrogen and oxygen atoms in total. The standard InChI is InChI=1S/C23H18N4/c1-3-11-21(12-4-1)24-26-23(27-25-22-13-5-2-6-14-22)20-16-15-18-9-7-8-10-19(18)17-20/h1-17,24H/b26-23+,27-25+. The van der Waals surface area contributed by atoms with Crippen LogP contribution in [0.4, 0.5) is 11.4 Å². The summed E-state index contributed by atoms with van der Waals surface area (Å²) in [4.78, 5) is 0. The molecule has 0 aliphatic carbocycles. The molecule has 0 aromatic heterocycles. The topological polar surface area (TPSA) is 49.1 Å². The van der Waals surface area contributed by atoms with Crippen LogP contribution in [0.25, 0.3) is 10.8 Å². The van der Waals surface area contributed by atoms with Gasteiger partial charge in [-0.3, -0.25) is 5.43 Å². The SMILES string of the molecule is c1ccc(/N=N/C(=N/Nc2ccccc2)c2ccc3ccccc3c2)cc1. The van der Waals surface area contributed by atoms with Crippen molar-refractivity contribution in [3.05, 3.63) is 109 Å². The Morgan fingerprint density at radius 1 is 0.630 bits per heavy atom. The Bertz CT molecular complexity index is 1090. The van der Waals surface area contributed by atoms with E-state index in [1.165, 1.54) is 5.39 Å². The largest absolute Gasteiger partial charge is 0.276 e. The second kappa shape index (κ2) is 8.06. The highest BCUT2D eigenvalue weighted by Crippen LogP contribution is 2.18. The van der Waals surface area contributed by atoms with Crippen LogP contribution in [0.1, 0.15) is 5.56 Å². The van der Waals surface area contributed by atoms with Gasteiger partial charge in [0, 0.05) is 5.56 Å². The monoisotopic (exact) mass is 350 g/mol. The lowest BCUT2D eigenvalue weighted by molar-refractivity contribution is 1.22. The zero-order valence-corrected chi connectivity index (χ0v) is 14.7. The minimum atomic E-state index is 0.522. The number of nitrogens with one attached hydrogen (secondary N) is 1. The zero-order valence-electron chi connectivity index (χ0n) is 14.7. The van der Waals surface area contributed by atoms with Crippen LogP contribution < -0.4 is 5.43 Å². The van der Waals surface area contributed by atoms with Gasteiger partial charge in [-0.15, -0.1) is 10.2 Å². The summed E-state index contributed by atoms with van der Waals surface area (Å²) in [7, 11) is 0.